The molecule has 1 atom stereocenters. The van der Waals surface area contributed by atoms with Crippen molar-refractivity contribution in [2.24, 2.45) is 0 Å². The van der Waals surface area contributed by atoms with Crippen molar-refractivity contribution in [1.29, 1.82) is 0 Å². The molecule has 6 heteroatoms. The van der Waals surface area contributed by atoms with E-state index >= 15 is 0 Å². The fraction of sp³-hybridized carbons (Fsp3) is 0.455. The summed E-state index contributed by atoms with van der Waals surface area (Å²) in [4.78, 5) is 10.4. The highest BCUT2D eigenvalue weighted by Gasteiger charge is 2.16. The van der Waals surface area contributed by atoms with Crippen molar-refractivity contribution in [1.82, 2.24) is 0 Å². The molecule has 2 N–H and O–H groups in total. The second kappa shape index (κ2) is 6.17. The van der Waals surface area contributed by atoms with Crippen molar-refractivity contribution in [3.63, 3.8) is 0 Å². The predicted octanol–water partition coefficient (Wildman–Crippen LogP) is 1.32. The fourth-order valence-corrected chi connectivity index (χ4v) is 1.49. The quantitative estimate of drug-likeness (QED) is 0.578. The van der Waals surface area contributed by atoms with Crippen molar-refractivity contribution in [2.75, 3.05) is 25.6 Å². The van der Waals surface area contributed by atoms with Gasteiger partial charge in [0.25, 0.3) is 5.69 Å². The van der Waals surface area contributed by atoms with Gasteiger partial charge in [-0.1, -0.05) is 6.07 Å². The van der Waals surface area contributed by atoms with Crippen molar-refractivity contribution in [2.45, 2.75) is 13.0 Å². The topological polar surface area (TPSA) is 84.6 Å². The molecule has 1 rings (SSSR count). The summed E-state index contributed by atoms with van der Waals surface area (Å²) in [6.07, 6.45) is 0. The number of methoxy groups -OCH3 is 1. The van der Waals surface area contributed by atoms with Gasteiger partial charge in [0.1, 0.15) is 5.69 Å². The maximum Gasteiger partial charge on any atom is 0.292 e. The summed E-state index contributed by atoms with van der Waals surface area (Å²) in [5, 5.41) is 22.8. The Morgan fingerprint density at radius 3 is 2.82 bits per heavy atom. The second-order valence-electron chi connectivity index (χ2n) is 3.76. The molecular formula is C11H16N2O4. The van der Waals surface area contributed by atoms with Crippen molar-refractivity contribution >= 4 is 11.4 Å². The number of aliphatic hydroxyl groups is 1. The van der Waals surface area contributed by atoms with Crippen LogP contribution in [0.15, 0.2) is 18.2 Å². The molecule has 0 aliphatic heterocycles. The molecule has 0 heterocycles. The molecule has 17 heavy (non-hydrogen) atoms. The number of benzene rings is 1. The number of hydrogen-bond donors (Lipinski definition) is 2. The maximum atomic E-state index is 10.8. The molecule has 0 bridgehead atoms. The maximum absolute atomic E-state index is 10.8. The Balaban J connectivity index is 2.94. The van der Waals surface area contributed by atoms with Crippen molar-refractivity contribution < 1.29 is 14.8 Å². The molecule has 0 radical (unpaired) electrons. The number of nitro benzene ring substituents is 1. The summed E-state index contributed by atoms with van der Waals surface area (Å²) in [6, 6.07) is 4.43. The molecule has 1 aromatic carbocycles. The van der Waals surface area contributed by atoms with E-state index < -0.39 is 4.92 Å². The minimum Gasteiger partial charge on any atom is -0.394 e. The molecule has 1 unspecified atom stereocenters. The van der Waals surface area contributed by atoms with E-state index in [0.717, 1.165) is 5.56 Å². The smallest absolute Gasteiger partial charge is 0.292 e. The number of hydrogen-bond acceptors (Lipinski definition) is 5. The summed E-state index contributed by atoms with van der Waals surface area (Å²) < 4.78 is 4.91. The van der Waals surface area contributed by atoms with Crippen LogP contribution in [0.5, 0.6) is 0 Å². The van der Waals surface area contributed by atoms with E-state index in [1.807, 2.05) is 6.92 Å². The van der Waals surface area contributed by atoms with Gasteiger partial charge in [0, 0.05) is 13.2 Å². The zero-order valence-corrected chi connectivity index (χ0v) is 9.84. The summed E-state index contributed by atoms with van der Waals surface area (Å²) >= 11 is 0. The fourth-order valence-electron chi connectivity index (χ4n) is 1.49. The summed E-state index contributed by atoms with van der Waals surface area (Å²) in [6.45, 7) is 1.97. The van der Waals surface area contributed by atoms with E-state index in [0.29, 0.717) is 5.69 Å². The first kappa shape index (κ1) is 13.4. The van der Waals surface area contributed by atoms with E-state index in [1.54, 1.807) is 12.1 Å². The third kappa shape index (κ3) is 3.69. The van der Waals surface area contributed by atoms with Crippen LogP contribution in [0.3, 0.4) is 0 Å². The normalized spacial score (nSPS) is 12.2. The Morgan fingerprint density at radius 2 is 2.29 bits per heavy atom. The van der Waals surface area contributed by atoms with Gasteiger partial charge in [0.05, 0.1) is 24.2 Å². The van der Waals surface area contributed by atoms with E-state index in [9.17, 15) is 10.1 Å². The monoisotopic (exact) mass is 240 g/mol. The van der Waals surface area contributed by atoms with Crippen LogP contribution in [-0.2, 0) is 4.74 Å². The Labute approximate surface area is 99.4 Å². The van der Waals surface area contributed by atoms with E-state index in [-0.39, 0.29) is 24.9 Å². The average molecular weight is 240 g/mol. The van der Waals surface area contributed by atoms with Crippen LogP contribution in [-0.4, -0.2) is 36.4 Å². The SMILES string of the molecule is COCC(CO)Nc1cc(C)ccc1[N+](=O)[O-]. The van der Waals surface area contributed by atoms with Gasteiger partial charge in [-0.2, -0.15) is 0 Å². The predicted molar refractivity (Wildman–Crippen MR) is 64.2 cm³/mol. The highest BCUT2D eigenvalue weighted by atomic mass is 16.6. The Bertz CT molecular complexity index is 395. The molecule has 1 aromatic rings. The minimum absolute atomic E-state index is 0.00912. The lowest BCUT2D eigenvalue weighted by atomic mass is 10.1. The number of rotatable bonds is 6. The molecule has 0 saturated heterocycles. The van der Waals surface area contributed by atoms with Gasteiger partial charge in [0.2, 0.25) is 0 Å². The molecule has 0 aromatic heterocycles. The molecule has 0 amide bonds. The van der Waals surface area contributed by atoms with Crippen LogP contribution >= 0.6 is 0 Å². The van der Waals surface area contributed by atoms with Gasteiger partial charge in [-0.05, 0) is 18.6 Å². The van der Waals surface area contributed by atoms with Crippen molar-refractivity contribution in [3.8, 4) is 0 Å². The summed E-state index contributed by atoms with van der Waals surface area (Å²) in [7, 11) is 1.51. The summed E-state index contributed by atoms with van der Waals surface area (Å²) in [5.74, 6) is 0. The van der Waals surface area contributed by atoms with E-state index in [1.165, 1.54) is 13.2 Å². The zero-order chi connectivity index (χ0) is 12.8. The van der Waals surface area contributed by atoms with Crippen LogP contribution in [0.4, 0.5) is 11.4 Å². The van der Waals surface area contributed by atoms with Crippen LogP contribution in [0.2, 0.25) is 0 Å². The van der Waals surface area contributed by atoms with Crippen LogP contribution in [0, 0.1) is 17.0 Å². The Morgan fingerprint density at radius 1 is 1.59 bits per heavy atom. The van der Waals surface area contributed by atoms with Crippen molar-refractivity contribution in [3.05, 3.63) is 33.9 Å². The number of ether oxygens (including phenoxy) is 1. The molecule has 0 spiro atoms. The first-order valence-corrected chi connectivity index (χ1v) is 5.20. The van der Waals surface area contributed by atoms with Gasteiger partial charge in [0.15, 0.2) is 0 Å². The number of aryl methyl sites for hydroxylation is 1. The highest BCUT2D eigenvalue weighted by molar-refractivity contribution is 5.63. The summed E-state index contributed by atoms with van der Waals surface area (Å²) in [5.41, 5.74) is 1.29. The molecule has 0 saturated carbocycles. The molecule has 6 nitrogen and oxygen atoms in total. The largest absolute Gasteiger partial charge is 0.394 e. The van der Waals surface area contributed by atoms with Gasteiger partial charge in [-0.25, -0.2) is 0 Å². The van der Waals surface area contributed by atoms with Crippen LogP contribution in [0.25, 0.3) is 0 Å². The van der Waals surface area contributed by atoms with Gasteiger partial charge < -0.3 is 15.2 Å². The Hall–Kier alpha value is -1.66. The molecule has 94 valence electrons. The standard InChI is InChI=1S/C11H16N2O4/c1-8-3-4-11(13(15)16)10(5-8)12-9(6-14)7-17-2/h3-5,9,12,14H,6-7H2,1-2H3. The Kier molecular flexibility index (Phi) is 4.86. The van der Waals surface area contributed by atoms with Crippen LogP contribution in [0.1, 0.15) is 5.56 Å². The van der Waals surface area contributed by atoms with E-state index in [2.05, 4.69) is 5.32 Å². The zero-order valence-electron chi connectivity index (χ0n) is 9.84. The number of nitro groups is 1. The lowest BCUT2D eigenvalue weighted by molar-refractivity contribution is -0.384. The van der Waals surface area contributed by atoms with Crippen LogP contribution < -0.4 is 5.32 Å². The molecule has 0 fully saturated rings. The average Bonchev–Trinajstić information content (AvgIpc) is 2.28. The molecular weight excluding hydrogens is 224 g/mol. The highest BCUT2D eigenvalue weighted by Crippen LogP contribution is 2.25. The molecule has 0 aliphatic rings. The third-order valence-corrected chi connectivity index (χ3v) is 2.30. The number of anilines is 1. The number of nitrogens with zero attached hydrogens (tertiary/aromatic N) is 1. The minimum atomic E-state index is -0.455. The molecule has 0 aliphatic carbocycles. The van der Waals surface area contributed by atoms with Gasteiger partial charge >= 0.3 is 0 Å². The second-order valence-corrected chi connectivity index (χ2v) is 3.76. The van der Waals surface area contributed by atoms with Gasteiger partial charge in [-0.15, -0.1) is 0 Å². The van der Waals surface area contributed by atoms with E-state index in [4.69, 9.17) is 9.84 Å². The number of nitrogens with one attached hydrogen (secondary N) is 1. The lowest BCUT2D eigenvalue weighted by Gasteiger charge is -2.16. The third-order valence-electron chi connectivity index (χ3n) is 2.30. The van der Waals surface area contributed by atoms with Gasteiger partial charge in [-0.3, -0.25) is 10.1 Å². The first-order chi connectivity index (χ1) is 8.08. The number of aliphatic hydroxyl groups excluding tert-OH is 1. The first-order valence-electron chi connectivity index (χ1n) is 5.20. The lowest BCUT2D eigenvalue weighted by Crippen LogP contribution is -2.29.